The molecule has 0 radical (unpaired) electrons. The molecule has 5 heteroatoms. The van der Waals surface area contributed by atoms with Gasteiger partial charge in [-0.05, 0) is 61.8 Å². The maximum atomic E-state index is 13.8. The predicted octanol–water partition coefficient (Wildman–Crippen LogP) is 6.06. The topological polar surface area (TPSA) is 43.9 Å². The zero-order valence-electron chi connectivity index (χ0n) is 23.1. The number of hydrogen-bond donors (Lipinski definition) is 0. The molecule has 200 valence electrons. The van der Waals surface area contributed by atoms with Gasteiger partial charge in [0.2, 0.25) is 11.8 Å². The van der Waals surface area contributed by atoms with Crippen LogP contribution in [0.2, 0.25) is 0 Å². The molecule has 2 unspecified atom stereocenters. The number of amides is 2. The number of piperidine rings is 1. The first-order valence-electron chi connectivity index (χ1n) is 14.4. The highest BCUT2D eigenvalue weighted by Crippen LogP contribution is 2.31. The lowest BCUT2D eigenvalue weighted by Gasteiger charge is -2.44. The molecule has 2 atom stereocenters. The maximum absolute atomic E-state index is 13.8. The first-order valence-corrected chi connectivity index (χ1v) is 14.4. The monoisotopic (exact) mass is 503 g/mol. The number of carbonyl (C=O) groups excluding carboxylic acids is 2. The lowest BCUT2D eigenvalue weighted by Crippen LogP contribution is -2.53. The molecule has 5 nitrogen and oxygen atoms in total. The van der Waals surface area contributed by atoms with Crippen LogP contribution in [0.15, 0.2) is 54.6 Å². The van der Waals surface area contributed by atoms with E-state index in [4.69, 9.17) is 0 Å². The quantitative estimate of drug-likeness (QED) is 0.461. The summed E-state index contributed by atoms with van der Waals surface area (Å²) in [5.41, 5.74) is 3.24. The van der Waals surface area contributed by atoms with Crippen LogP contribution in [-0.2, 0) is 22.6 Å². The number of fused-ring (bicyclic) bond motifs is 3. The van der Waals surface area contributed by atoms with Gasteiger partial charge in [-0.2, -0.15) is 0 Å². The van der Waals surface area contributed by atoms with E-state index in [1.165, 1.54) is 18.4 Å². The number of benzene rings is 2. The van der Waals surface area contributed by atoms with Gasteiger partial charge in [-0.25, -0.2) is 0 Å². The molecular formula is C32H45N3O2. The number of aryl methyl sites for hydroxylation is 1. The fourth-order valence-corrected chi connectivity index (χ4v) is 6.02. The number of anilines is 1. The van der Waals surface area contributed by atoms with E-state index in [1.807, 2.05) is 42.2 Å². The highest BCUT2D eigenvalue weighted by molar-refractivity contribution is 5.94. The van der Waals surface area contributed by atoms with Crippen molar-refractivity contribution in [3.63, 3.8) is 0 Å². The molecule has 37 heavy (non-hydrogen) atoms. The third-order valence-corrected chi connectivity index (χ3v) is 8.16. The van der Waals surface area contributed by atoms with Crippen molar-refractivity contribution in [1.29, 1.82) is 0 Å². The zero-order valence-corrected chi connectivity index (χ0v) is 23.1. The minimum atomic E-state index is 0.162. The Bertz CT molecular complexity index is 1020. The molecule has 4 rings (SSSR count). The molecule has 2 aromatic rings. The van der Waals surface area contributed by atoms with E-state index >= 15 is 0 Å². The van der Waals surface area contributed by atoms with Crippen LogP contribution >= 0.6 is 0 Å². The lowest BCUT2D eigenvalue weighted by atomic mass is 9.92. The van der Waals surface area contributed by atoms with Gasteiger partial charge in [-0.3, -0.25) is 14.5 Å². The molecule has 2 aliphatic rings. The minimum absolute atomic E-state index is 0.162. The van der Waals surface area contributed by atoms with Crippen LogP contribution in [0.25, 0.3) is 0 Å². The number of nitrogens with zero attached hydrogens (tertiary/aromatic N) is 3. The Morgan fingerprint density at radius 3 is 2.41 bits per heavy atom. The summed E-state index contributed by atoms with van der Waals surface area (Å²) in [5, 5.41) is 0. The molecule has 1 saturated heterocycles. The fourth-order valence-electron chi connectivity index (χ4n) is 6.02. The Kier molecular flexibility index (Phi) is 9.79. The van der Waals surface area contributed by atoms with Gasteiger partial charge in [-0.1, -0.05) is 75.7 Å². The van der Waals surface area contributed by atoms with Crippen LogP contribution in [0, 0.1) is 5.92 Å². The van der Waals surface area contributed by atoms with Gasteiger partial charge in [0.05, 0.1) is 0 Å². The number of para-hydroxylation sites is 1. The SMILES string of the molecule is CCC(=O)N1CCC2CCCC(CN(C(=O)CCc3ccccc3)Cc3ccccc31)N2CCC(C)C. The van der Waals surface area contributed by atoms with Gasteiger partial charge in [0.1, 0.15) is 0 Å². The number of hydrogen-bond acceptors (Lipinski definition) is 3. The summed E-state index contributed by atoms with van der Waals surface area (Å²) in [4.78, 5) is 33.7. The molecule has 0 aromatic heterocycles. The van der Waals surface area contributed by atoms with Crippen molar-refractivity contribution in [3.05, 3.63) is 65.7 Å². The third kappa shape index (κ3) is 7.22. The van der Waals surface area contributed by atoms with Gasteiger partial charge in [-0.15, -0.1) is 0 Å². The van der Waals surface area contributed by atoms with E-state index in [2.05, 4.69) is 47.9 Å². The van der Waals surface area contributed by atoms with Crippen molar-refractivity contribution in [2.24, 2.45) is 5.92 Å². The van der Waals surface area contributed by atoms with E-state index in [0.29, 0.717) is 37.4 Å². The molecule has 0 aliphatic carbocycles. The summed E-state index contributed by atoms with van der Waals surface area (Å²) in [5.74, 6) is 1.01. The van der Waals surface area contributed by atoms with Gasteiger partial charge in [0, 0.05) is 50.2 Å². The largest absolute Gasteiger partial charge is 0.337 e. The second-order valence-corrected chi connectivity index (χ2v) is 11.2. The Hall–Kier alpha value is -2.66. The molecule has 0 N–H and O–H groups in total. The molecular weight excluding hydrogens is 458 g/mol. The molecule has 1 fully saturated rings. The van der Waals surface area contributed by atoms with Crippen LogP contribution in [-0.4, -0.2) is 53.3 Å². The van der Waals surface area contributed by atoms with Crippen LogP contribution in [0.1, 0.15) is 76.8 Å². The maximum Gasteiger partial charge on any atom is 0.226 e. The second-order valence-electron chi connectivity index (χ2n) is 11.2. The fraction of sp³-hybridized carbons (Fsp3) is 0.562. The van der Waals surface area contributed by atoms with Crippen molar-refractivity contribution in [3.8, 4) is 0 Å². The standard InChI is InChI=1S/C32H45N3O2/c1-4-31(36)35-22-20-28-14-10-15-29(34(28)21-19-25(2)3)24-33(23-27-13-8-9-16-30(27)35)32(37)18-17-26-11-6-5-7-12-26/h5-9,11-13,16,25,28-29H,4,10,14-15,17-24H2,1-3H3. The smallest absolute Gasteiger partial charge is 0.226 e. The van der Waals surface area contributed by atoms with E-state index in [1.54, 1.807) is 0 Å². The Balaban J connectivity index is 1.66. The molecule has 2 bridgehead atoms. The second kappa shape index (κ2) is 13.2. The summed E-state index contributed by atoms with van der Waals surface area (Å²) < 4.78 is 0. The van der Waals surface area contributed by atoms with Gasteiger partial charge in [0.25, 0.3) is 0 Å². The molecule has 0 spiro atoms. The summed E-state index contributed by atoms with van der Waals surface area (Å²) in [6, 6.07) is 19.3. The summed E-state index contributed by atoms with van der Waals surface area (Å²) >= 11 is 0. The summed E-state index contributed by atoms with van der Waals surface area (Å²) in [7, 11) is 0. The normalized spacial score (nSPS) is 20.9. The first kappa shape index (κ1) is 27.4. The van der Waals surface area contributed by atoms with E-state index in [0.717, 1.165) is 56.6 Å². The average molecular weight is 504 g/mol. The number of rotatable bonds is 7. The van der Waals surface area contributed by atoms with E-state index in [-0.39, 0.29) is 11.8 Å². The van der Waals surface area contributed by atoms with Gasteiger partial charge in [0.15, 0.2) is 0 Å². The minimum Gasteiger partial charge on any atom is -0.337 e. The van der Waals surface area contributed by atoms with Crippen molar-refractivity contribution in [2.45, 2.75) is 90.8 Å². The van der Waals surface area contributed by atoms with Crippen LogP contribution in [0.4, 0.5) is 5.69 Å². The summed E-state index contributed by atoms with van der Waals surface area (Å²) in [6.07, 6.45) is 7.38. The lowest BCUT2D eigenvalue weighted by molar-refractivity contribution is -0.133. The van der Waals surface area contributed by atoms with Crippen molar-refractivity contribution < 1.29 is 9.59 Å². The highest BCUT2D eigenvalue weighted by atomic mass is 16.2. The predicted molar refractivity (Wildman–Crippen MR) is 151 cm³/mol. The Morgan fingerprint density at radius 1 is 0.919 bits per heavy atom. The van der Waals surface area contributed by atoms with Crippen LogP contribution < -0.4 is 4.90 Å². The van der Waals surface area contributed by atoms with E-state index < -0.39 is 0 Å². The Morgan fingerprint density at radius 2 is 1.65 bits per heavy atom. The molecule has 2 aromatic carbocycles. The zero-order chi connectivity index (χ0) is 26.2. The molecule has 2 heterocycles. The molecule has 0 saturated carbocycles. The molecule has 2 aliphatic heterocycles. The van der Waals surface area contributed by atoms with Gasteiger partial charge < -0.3 is 9.80 Å². The first-order chi connectivity index (χ1) is 18.0. The number of carbonyl (C=O) groups is 2. The van der Waals surface area contributed by atoms with Gasteiger partial charge >= 0.3 is 0 Å². The van der Waals surface area contributed by atoms with Crippen molar-refractivity contribution >= 4 is 17.5 Å². The summed E-state index contributed by atoms with van der Waals surface area (Å²) in [6.45, 7) is 9.64. The average Bonchev–Trinajstić information content (AvgIpc) is 2.92. The Labute approximate surface area is 223 Å². The molecule has 2 amide bonds. The van der Waals surface area contributed by atoms with Crippen LogP contribution in [0.5, 0.6) is 0 Å². The van der Waals surface area contributed by atoms with Crippen LogP contribution in [0.3, 0.4) is 0 Å². The van der Waals surface area contributed by atoms with Crippen molar-refractivity contribution in [2.75, 3.05) is 24.5 Å². The van der Waals surface area contributed by atoms with E-state index in [9.17, 15) is 9.59 Å². The third-order valence-electron chi connectivity index (χ3n) is 8.16. The van der Waals surface area contributed by atoms with Crippen molar-refractivity contribution in [1.82, 2.24) is 9.80 Å². The highest BCUT2D eigenvalue weighted by Gasteiger charge is 2.34.